The maximum absolute atomic E-state index is 11.8. The first-order chi connectivity index (χ1) is 11.9. The van der Waals surface area contributed by atoms with Crippen molar-refractivity contribution in [1.82, 2.24) is 0 Å². The van der Waals surface area contributed by atoms with Gasteiger partial charge in [0.1, 0.15) is 5.75 Å². The Hall–Kier alpha value is -2.24. The van der Waals surface area contributed by atoms with Gasteiger partial charge in [-0.2, -0.15) is 0 Å². The molecule has 0 spiro atoms. The lowest BCUT2D eigenvalue weighted by atomic mass is 10.2. The molecule has 132 valence electrons. The molecule has 0 atom stereocenters. The van der Waals surface area contributed by atoms with E-state index in [9.17, 15) is 9.59 Å². The van der Waals surface area contributed by atoms with E-state index in [0.29, 0.717) is 21.5 Å². The monoisotopic (exact) mass is 381 g/mol. The third-order valence-electron chi connectivity index (χ3n) is 3.13. The highest BCUT2D eigenvalue weighted by atomic mass is 35.5. The number of rotatable bonds is 7. The van der Waals surface area contributed by atoms with E-state index in [2.05, 4.69) is 5.32 Å². The highest BCUT2D eigenvalue weighted by Gasteiger charge is 2.10. The van der Waals surface area contributed by atoms with Crippen LogP contribution in [0, 0.1) is 6.92 Å². The average molecular weight is 382 g/mol. The Kier molecular flexibility index (Phi) is 7.10. The molecule has 7 heteroatoms. The normalized spacial score (nSPS) is 10.2. The summed E-state index contributed by atoms with van der Waals surface area (Å²) in [5, 5.41) is 3.31. The Balaban J connectivity index is 1.69. The Labute approximate surface area is 155 Å². The fourth-order valence-corrected chi connectivity index (χ4v) is 2.41. The van der Waals surface area contributed by atoms with E-state index in [1.807, 2.05) is 31.2 Å². The number of hydrogen-bond donors (Lipinski definition) is 1. The van der Waals surface area contributed by atoms with E-state index in [-0.39, 0.29) is 13.0 Å². The minimum Gasteiger partial charge on any atom is -0.493 e. The van der Waals surface area contributed by atoms with Crippen molar-refractivity contribution in [2.24, 2.45) is 0 Å². The minimum absolute atomic E-state index is 0.0446. The van der Waals surface area contributed by atoms with Crippen molar-refractivity contribution in [2.45, 2.75) is 13.3 Å². The van der Waals surface area contributed by atoms with Gasteiger partial charge in [0, 0.05) is 5.02 Å². The molecule has 0 unspecified atom stereocenters. The van der Waals surface area contributed by atoms with Gasteiger partial charge in [0.15, 0.2) is 6.61 Å². The number of aryl methyl sites for hydroxylation is 1. The van der Waals surface area contributed by atoms with Crippen molar-refractivity contribution in [1.29, 1.82) is 0 Å². The Bertz CT molecular complexity index is 764. The molecule has 0 aromatic heterocycles. The lowest BCUT2D eigenvalue weighted by molar-refractivity contribution is -0.147. The number of hydrogen-bond acceptors (Lipinski definition) is 4. The number of benzene rings is 2. The van der Waals surface area contributed by atoms with Crippen LogP contribution in [0.2, 0.25) is 10.0 Å². The quantitative estimate of drug-likeness (QED) is 0.727. The Morgan fingerprint density at radius 3 is 2.64 bits per heavy atom. The first kappa shape index (κ1) is 19.1. The SMILES string of the molecule is Cc1cccc(OCCC(=O)OCC(=O)Nc2ccc(Cl)cc2Cl)c1. The summed E-state index contributed by atoms with van der Waals surface area (Å²) in [4.78, 5) is 23.4. The Morgan fingerprint density at radius 1 is 1.12 bits per heavy atom. The third-order valence-corrected chi connectivity index (χ3v) is 3.68. The van der Waals surface area contributed by atoms with Crippen LogP contribution in [0.25, 0.3) is 0 Å². The first-order valence-corrected chi connectivity index (χ1v) is 8.29. The molecule has 0 saturated carbocycles. The highest BCUT2D eigenvalue weighted by molar-refractivity contribution is 6.36. The van der Waals surface area contributed by atoms with E-state index in [4.69, 9.17) is 32.7 Å². The predicted octanol–water partition coefficient (Wildman–Crippen LogP) is 4.25. The van der Waals surface area contributed by atoms with Crippen LogP contribution in [-0.4, -0.2) is 25.1 Å². The molecule has 2 rings (SSSR count). The van der Waals surface area contributed by atoms with Crippen molar-refractivity contribution in [3.05, 3.63) is 58.1 Å². The zero-order valence-corrected chi connectivity index (χ0v) is 15.1. The lowest BCUT2D eigenvalue weighted by Gasteiger charge is -2.09. The number of amides is 1. The molecular formula is C18H17Cl2NO4. The van der Waals surface area contributed by atoms with Crippen LogP contribution in [0.5, 0.6) is 5.75 Å². The number of nitrogens with one attached hydrogen (secondary N) is 1. The topological polar surface area (TPSA) is 64.6 Å². The molecule has 0 heterocycles. The van der Waals surface area contributed by atoms with Gasteiger partial charge in [0.2, 0.25) is 0 Å². The van der Waals surface area contributed by atoms with Gasteiger partial charge in [-0.3, -0.25) is 9.59 Å². The summed E-state index contributed by atoms with van der Waals surface area (Å²) < 4.78 is 10.4. The maximum Gasteiger partial charge on any atom is 0.309 e. The van der Waals surface area contributed by atoms with Gasteiger partial charge in [-0.25, -0.2) is 0 Å². The Morgan fingerprint density at radius 2 is 1.92 bits per heavy atom. The van der Waals surface area contributed by atoms with E-state index in [1.54, 1.807) is 12.1 Å². The van der Waals surface area contributed by atoms with Gasteiger partial charge in [0.25, 0.3) is 5.91 Å². The lowest BCUT2D eigenvalue weighted by Crippen LogP contribution is -2.21. The van der Waals surface area contributed by atoms with E-state index in [0.717, 1.165) is 5.56 Å². The van der Waals surface area contributed by atoms with Gasteiger partial charge in [-0.15, -0.1) is 0 Å². The van der Waals surface area contributed by atoms with Crippen molar-refractivity contribution in [3.63, 3.8) is 0 Å². The smallest absolute Gasteiger partial charge is 0.309 e. The molecule has 0 fully saturated rings. The molecule has 2 aromatic rings. The molecule has 0 aliphatic carbocycles. The molecule has 1 amide bonds. The van der Waals surface area contributed by atoms with Crippen LogP contribution in [0.1, 0.15) is 12.0 Å². The fourth-order valence-electron chi connectivity index (χ4n) is 1.95. The molecule has 25 heavy (non-hydrogen) atoms. The van der Waals surface area contributed by atoms with Gasteiger partial charge in [-0.1, -0.05) is 35.3 Å². The van der Waals surface area contributed by atoms with Gasteiger partial charge < -0.3 is 14.8 Å². The van der Waals surface area contributed by atoms with E-state index in [1.165, 1.54) is 6.07 Å². The summed E-state index contributed by atoms with van der Waals surface area (Å²) in [5.41, 5.74) is 1.47. The zero-order valence-electron chi connectivity index (χ0n) is 13.6. The maximum atomic E-state index is 11.8. The number of anilines is 1. The average Bonchev–Trinajstić information content (AvgIpc) is 2.56. The van der Waals surface area contributed by atoms with Crippen LogP contribution < -0.4 is 10.1 Å². The minimum atomic E-state index is -0.523. The zero-order chi connectivity index (χ0) is 18.2. The summed E-state index contributed by atoms with van der Waals surface area (Å²) >= 11 is 11.7. The second-order valence-corrected chi connectivity index (χ2v) is 6.09. The summed E-state index contributed by atoms with van der Waals surface area (Å²) in [6.45, 7) is 1.72. The molecule has 0 aliphatic heterocycles. The van der Waals surface area contributed by atoms with Crippen LogP contribution in [0.4, 0.5) is 5.69 Å². The largest absolute Gasteiger partial charge is 0.493 e. The molecule has 0 bridgehead atoms. The van der Waals surface area contributed by atoms with Gasteiger partial charge in [-0.05, 0) is 42.8 Å². The second-order valence-electron chi connectivity index (χ2n) is 5.25. The summed E-state index contributed by atoms with van der Waals surface area (Å²) in [6, 6.07) is 12.2. The number of carbonyl (C=O) groups is 2. The predicted molar refractivity (Wildman–Crippen MR) is 97.3 cm³/mol. The van der Waals surface area contributed by atoms with Crippen molar-refractivity contribution in [3.8, 4) is 5.75 Å². The summed E-state index contributed by atoms with van der Waals surface area (Å²) in [6.07, 6.45) is 0.0446. The van der Waals surface area contributed by atoms with Gasteiger partial charge >= 0.3 is 5.97 Å². The summed E-state index contributed by atoms with van der Waals surface area (Å²) in [7, 11) is 0. The van der Waals surface area contributed by atoms with Crippen LogP contribution in [-0.2, 0) is 14.3 Å². The fraction of sp³-hybridized carbons (Fsp3) is 0.222. The molecule has 5 nitrogen and oxygen atoms in total. The molecule has 0 aliphatic rings. The molecule has 0 saturated heterocycles. The van der Waals surface area contributed by atoms with Crippen LogP contribution >= 0.6 is 23.2 Å². The molecule has 2 aromatic carbocycles. The van der Waals surface area contributed by atoms with Crippen molar-refractivity contribution < 1.29 is 19.1 Å². The number of halogens is 2. The van der Waals surface area contributed by atoms with Crippen molar-refractivity contribution in [2.75, 3.05) is 18.5 Å². The second kappa shape index (κ2) is 9.30. The molecule has 0 radical (unpaired) electrons. The summed E-state index contributed by atoms with van der Waals surface area (Å²) in [5.74, 6) is -0.329. The molecule has 1 N–H and O–H groups in total. The van der Waals surface area contributed by atoms with Crippen LogP contribution in [0.3, 0.4) is 0 Å². The first-order valence-electron chi connectivity index (χ1n) is 7.54. The number of carbonyl (C=O) groups excluding carboxylic acids is 2. The van der Waals surface area contributed by atoms with Crippen molar-refractivity contribution >= 4 is 40.8 Å². The standard InChI is InChI=1S/C18H17Cl2NO4/c1-12-3-2-4-14(9-12)24-8-7-18(23)25-11-17(22)21-16-6-5-13(19)10-15(16)20/h2-6,9-10H,7-8,11H2,1H3,(H,21,22). The molecular weight excluding hydrogens is 365 g/mol. The number of esters is 1. The van der Waals surface area contributed by atoms with Crippen LogP contribution in [0.15, 0.2) is 42.5 Å². The highest BCUT2D eigenvalue weighted by Crippen LogP contribution is 2.25. The third kappa shape index (κ3) is 6.64. The van der Waals surface area contributed by atoms with Gasteiger partial charge in [0.05, 0.1) is 23.7 Å². The van der Waals surface area contributed by atoms with E-state index < -0.39 is 18.5 Å². The van der Waals surface area contributed by atoms with E-state index >= 15 is 0 Å². The number of ether oxygens (including phenoxy) is 2.